The molecule has 3 amide bonds. The summed E-state index contributed by atoms with van der Waals surface area (Å²) in [6.45, 7) is 3.39. The molecule has 2 bridgehead atoms. The number of ether oxygens (including phenoxy) is 2. The molecule has 6 atom stereocenters. The van der Waals surface area contributed by atoms with Crippen LogP contribution in [0.2, 0.25) is 0 Å². The SMILES string of the molecule is COCCCOc1cc(C(=O)NC(Cc2ccccc2)C(O)CC(C)C(=O)NC2CC3CCC2C3)cc(N2CCCC2=O)c1. The highest BCUT2D eigenvalue weighted by Crippen LogP contribution is 2.44. The summed E-state index contributed by atoms with van der Waals surface area (Å²) in [7, 11) is 1.63. The molecule has 2 saturated carbocycles. The monoisotopic (exact) mass is 605 g/mol. The largest absolute Gasteiger partial charge is 0.493 e. The number of benzene rings is 2. The number of fused-ring (bicyclic) bond motifs is 2. The lowest BCUT2D eigenvalue weighted by atomic mass is 9.91. The standard InChI is InChI=1S/C35H47N3O6/c1-23(34(41)36-30-19-25-11-12-26(30)17-25)16-32(39)31(18-24-8-4-3-5-9-24)37-35(42)27-20-28(38-13-6-10-33(38)40)22-29(21-27)44-15-7-14-43-2/h3-5,8-9,20-23,25-26,30-32,39H,6-7,10-19H2,1-2H3,(H,36,41)(H,37,42). The van der Waals surface area contributed by atoms with Gasteiger partial charge in [-0.1, -0.05) is 43.7 Å². The van der Waals surface area contributed by atoms with Gasteiger partial charge >= 0.3 is 0 Å². The van der Waals surface area contributed by atoms with Crippen LogP contribution in [-0.2, 0) is 20.7 Å². The van der Waals surface area contributed by atoms with E-state index in [0.717, 1.165) is 24.3 Å². The van der Waals surface area contributed by atoms with Gasteiger partial charge in [-0.2, -0.15) is 0 Å². The Balaban J connectivity index is 1.30. The van der Waals surface area contributed by atoms with Crippen LogP contribution in [0.4, 0.5) is 5.69 Å². The number of aliphatic hydroxyl groups excluding tert-OH is 1. The number of aliphatic hydroxyl groups is 1. The number of hydrogen-bond acceptors (Lipinski definition) is 6. The Labute approximate surface area is 260 Å². The first-order valence-electron chi connectivity index (χ1n) is 16.2. The maximum absolute atomic E-state index is 13.8. The minimum Gasteiger partial charge on any atom is -0.493 e. The van der Waals surface area contributed by atoms with E-state index in [1.165, 1.54) is 19.3 Å². The highest BCUT2D eigenvalue weighted by Gasteiger charge is 2.40. The first-order valence-corrected chi connectivity index (χ1v) is 16.2. The highest BCUT2D eigenvalue weighted by molar-refractivity contribution is 5.99. The molecule has 238 valence electrons. The third kappa shape index (κ3) is 8.18. The van der Waals surface area contributed by atoms with Crippen LogP contribution in [0.25, 0.3) is 0 Å². The lowest BCUT2D eigenvalue weighted by molar-refractivity contribution is -0.126. The van der Waals surface area contributed by atoms with Crippen molar-refractivity contribution in [2.75, 3.05) is 31.8 Å². The Morgan fingerprint density at radius 1 is 1.09 bits per heavy atom. The van der Waals surface area contributed by atoms with Crippen molar-refractivity contribution < 1.29 is 29.0 Å². The van der Waals surface area contributed by atoms with E-state index in [1.807, 2.05) is 37.3 Å². The maximum atomic E-state index is 13.8. The van der Waals surface area contributed by atoms with Crippen LogP contribution in [0.3, 0.4) is 0 Å². The molecule has 0 spiro atoms. The van der Waals surface area contributed by atoms with Crippen molar-refractivity contribution in [3.8, 4) is 5.75 Å². The summed E-state index contributed by atoms with van der Waals surface area (Å²) in [5.74, 6) is 0.999. The average molecular weight is 606 g/mol. The quantitative estimate of drug-likeness (QED) is 0.261. The fourth-order valence-electron chi connectivity index (χ4n) is 7.05. The fourth-order valence-corrected chi connectivity index (χ4v) is 7.05. The number of nitrogens with zero attached hydrogens (tertiary/aromatic N) is 1. The van der Waals surface area contributed by atoms with E-state index in [2.05, 4.69) is 10.6 Å². The van der Waals surface area contributed by atoms with Gasteiger partial charge in [0, 0.05) is 62.4 Å². The smallest absolute Gasteiger partial charge is 0.251 e. The normalized spacial score (nSPS) is 22.9. The van der Waals surface area contributed by atoms with E-state index in [9.17, 15) is 19.5 Å². The van der Waals surface area contributed by atoms with Gasteiger partial charge in [-0.3, -0.25) is 14.4 Å². The van der Waals surface area contributed by atoms with Gasteiger partial charge in [0.2, 0.25) is 11.8 Å². The Kier molecular flexibility index (Phi) is 10.9. The number of methoxy groups -OCH3 is 1. The van der Waals surface area contributed by atoms with Crippen LogP contribution >= 0.6 is 0 Å². The second-order valence-electron chi connectivity index (χ2n) is 12.8. The number of amides is 3. The molecule has 6 unspecified atom stereocenters. The molecular formula is C35H47N3O6. The Bertz CT molecular complexity index is 1290. The number of hydrogen-bond donors (Lipinski definition) is 3. The second kappa shape index (κ2) is 15.0. The summed E-state index contributed by atoms with van der Waals surface area (Å²) in [5, 5.41) is 17.8. The van der Waals surface area contributed by atoms with Crippen LogP contribution in [-0.4, -0.2) is 67.9 Å². The molecule has 3 fully saturated rings. The Morgan fingerprint density at radius 3 is 2.59 bits per heavy atom. The van der Waals surface area contributed by atoms with E-state index < -0.39 is 18.1 Å². The average Bonchev–Trinajstić information content (AvgIpc) is 3.77. The van der Waals surface area contributed by atoms with Gasteiger partial charge < -0.3 is 30.1 Å². The number of anilines is 1. The van der Waals surface area contributed by atoms with Crippen LogP contribution in [0, 0.1) is 17.8 Å². The topological polar surface area (TPSA) is 117 Å². The van der Waals surface area contributed by atoms with E-state index in [1.54, 1.807) is 30.2 Å². The van der Waals surface area contributed by atoms with Crippen molar-refractivity contribution in [2.45, 2.75) is 82.9 Å². The van der Waals surface area contributed by atoms with Crippen molar-refractivity contribution in [2.24, 2.45) is 17.8 Å². The van der Waals surface area contributed by atoms with Crippen molar-refractivity contribution >= 4 is 23.4 Å². The highest BCUT2D eigenvalue weighted by atomic mass is 16.5. The van der Waals surface area contributed by atoms with Gasteiger partial charge in [0.05, 0.1) is 18.8 Å². The number of carbonyl (C=O) groups is 3. The third-order valence-corrected chi connectivity index (χ3v) is 9.49. The first-order chi connectivity index (χ1) is 21.3. The van der Waals surface area contributed by atoms with E-state index in [4.69, 9.17) is 9.47 Å². The molecule has 3 N–H and O–H groups in total. The van der Waals surface area contributed by atoms with Crippen molar-refractivity contribution in [3.63, 3.8) is 0 Å². The number of nitrogens with one attached hydrogen (secondary N) is 2. The molecule has 2 aromatic rings. The van der Waals surface area contributed by atoms with Crippen LogP contribution in [0.5, 0.6) is 5.75 Å². The predicted molar refractivity (Wildman–Crippen MR) is 169 cm³/mol. The number of rotatable bonds is 15. The summed E-state index contributed by atoms with van der Waals surface area (Å²) >= 11 is 0. The molecule has 0 radical (unpaired) electrons. The van der Waals surface area contributed by atoms with Gasteiger partial charge in [0.25, 0.3) is 5.91 Å². The van der Waals surface area contributed by atoms with Crippen molar-refractivity contribution in [1.82, 2.24) is 10.6 Å². The zero-order valence-electron chi connectivity index (χ0n) is 26.0. The van der Waals surface area contributed by atoms with Crippen LogP contribution in [0.15, 0.2) is 48.5 Å². The maximum Gasteiger partial charge on any atom is 0.251 e. The minimum absolute atomic E-state index is 0.0166. The first kappa shape index (κ1) is 32.0. The zero-order valence-corrected chi connectivity index (χ0v) is 26.0. The summed E-state index contributed by atoms with van der Waals surface area (Å²) in [5.41, 5.74) is 1.93. The molecule has 5 rings (SSSR count). The molecule has 2 aliphatic carbocycles. The van der Waals surface area contributed by atoms with E-state index in [0.29, 0.717) is 61.9 Å². The van der Waals surface area contributed by atoms with Gasteiger partial charge in [-0.05, 0) is 68.1 Å². The lowest BCUT2D eigenvalue weighted by Gasteiger charge is -2.28. The van der Waals surface area contributed by atoms with Gasteiger partial charge in [0.1, 0.15) is 5.75 Å². The second-order valence-corrected chi connectivity index (χ2v) is 12.8. The summed E-state index contributed by atoms with van der Waals surface area (Å²) in [6, 6.07) is 14.5. The molecule has 9 nitrogen and oxygen atoms in total. The predicted octanol–water partition coefficient (Wildman–Crippen LogP) is 4.26. The van der Waals surface area contributed by atoms with E-state index in [-0.39, 0.29) is 30.2 Å². The summed E-state index contributed by atoms with van der Waals surface area (Å²) in [6.07, 6.45) is 6.31. The molecule has 1 aliphatic heterocycles. The van der Waals surface area contributed by atoms with Crippen LogP contribution < -0.4 is 20.3 Å². The Morgan fingerprint density at radius 2 is 1.91 bits per heavy atom. The molecule has 1 saturated heterocycles. The molecule has 1 heterocycles. The van der Waals surface area contributed by atoms with Gasteiger partial charge in [0.15, 0.2) is 0 Å². The van der Waals surface area contributed by atoms with E-state index >= 15 is 0 Å². The van der Waals surface area contributed by atoms with Crippen molar-refractivity contribution in [3.05, 3.63) is 59.7 Å². The molecule has 2 aromatic carbocycles. The van der Waals surface area contributed by atoms with Crippen molar-refractivity contribution in [1.29, 1.82) is 0 Å². The van der Waals surface area contributed by atoms with Crippen LogP contribution in [0.1, 0.15) is 74.2 Å². The third-order valence-electron chi connectivity index (χ3n) is 9.49. The zero-order chi connectivity index (χ0) is 31.1. The lowest BCUT2D eigenvalue weighted by Crippen LogP contribution is -2.47. The summed E-state index contributed by atoms with van der Waals surface area (Å²) in [4.78, 5) is 41.1. The molecular weight excluding hydrogens is 558 g/mol. The molecule has 44 heavy (non-hydrogen) atoms. The fraction of sp³-hybridized carbons (Fsp3) is 0.571. The molecule has 9 heteroatoms. The number of carbonyl (C=O) groups excluding carboxylic acids is 3. The van der Waals surface area contributed by atoms with Gasteiger partial charge in [-0.25, -0.2) is 0 Å². The van der Waals surface area contributed by atoms with Gasteiger partial charge in [-0.15, -0.1) is 0 Å². The minimum atomic E-state index is -0.951. The summed E-state index contributed by atoms with van der Waals surface area (Å²) < 4.78 is 11.1. The molecule has 3 aliphatic rings. The molecule has 0 aromatic heterocycles. The Hall–Kier alpha value is -3.43.